The van der Waals surface area contributed by atoms with Crippen LogP contribution in [0.15, 0.2) is 18.2 Å². The first kappa shape index (κ1) is 16.4. The van der Waals surface area contributed by atoms with Gasteiger partial charge in [-0.3, -0.25) is 14.3 Å². The van der Waals surface area contributed by atoms with E-state index in [0.717, 1.165) is 12.1 Å². The Hall–Kier alpha value is -1.64. The van der Waals surface area contributed by atoms with Crippen molar-refractivity contribution in [3.63, 3.8) is 0 Å². The lowest BCUT2D eigenvalue weighted by Crippen LogP contribution is -2.10. The zero-order valence-corrected chi connectivity index (χ0v) is 11.4. The molecule has 0 aliphatic heterocycles. The minimum Gasteiger partial charge on any atom is -0.379 e. The van der Waals surface area contributed by atoms with Crippen molar-refractivity contribution in [1.82, 2.24) is 0 Å². The Morgan fingerprint density at radius 3 is 2.55 bits per heavy atom. The van der Waals surface area contributed by atoms with E-state index in [1.165, 1.54) is 6.26 Å². The standard InChI is InChI=1S/C11H13F3N2O3S/c1-20(19)6-2-5-15-9-4-3-8(11(12,13)14)7-10(9)16(17)18/h3-4,7,15H,2,5-6H2,1H3/t20-/m1/s1. The fourth-order valence-corrected chi connectivity index (χ4v) is 2.06. The summed E-state index contributed by atoms with van der Waals surface area (Å²) in [7, 11) is -0.976. The highest BCUT2D eigenvalue weighted by atomic mass is 32.2. The SMILES string of the molecule is C[S@@](=O)CCCNc1ccc(C(F)(F)F)cc1[N+](=O)[O-]. The summed E-state index contributed by atoms with van der Waals surface area (Å²) in [6, 6.07) is 2.32. The van der Waals surface area contributed by atoms with Gasteiger partial charge in [0, 0.05) is 35.4 Å². The van der Waals surface area contributed by atoms with Gasteiger partial charge in [0.2, 0.25) is 0 Å². The van der Waals surface area contributed by atoms with Gasteiger partial charge in [-0.05, 0) is 18.6 Å². The fraction of sp³-hybridized carbons (Fsp3) is 0.455. The van der Waals surface area contributed by atoms with Crippen LogP contribution in [-0.2, 0) is 17.0 Å². The molecule has 5 nitrogen and oxygen atoms in total. The summed E-state index contributed by atoms with van der Waals surface area (Å²) in [4.78, 5) is 9.93. The molecule has 0 aromatic heterocycles. The van der Waals surface area contributed by atoms with Crippen molar-refractivity contribution in [3.8, 4) is 0 Å². The van der Waals surface area contributed by atoms with E-state index in [0.29, 0.717) is 24.8 Å². The van der Waals surface area contributed by atoms with Gasteiger partial charge in [0.25, 0.3) is 5.69 Å². The van der Waals surface area contributed by atoms with Crippen molar-refractivity contribution < 1.29 is 22.3 Å². The molecule has 0 aliphatic rings. The summed E-state index contributed by atoms with van der Waals surface area (Å²) in [5, 5.41) is 13.5. The van der Waals surface area contributed by atoms with Gasteiger partial charge in [-0.2, -0.15) is 13.2 Å². The maximum atomic E-state index is 12.5. The summed E-state index contributed by atoms with van der Waals surface area (Å²) in [5.74, 6) is 0.418. The third-order valence-electron chi connectivity index (χ3n) is 2.45. The number of rotatable bonds is 6. The number of nitrogens with zero attached hydrogens (tertiary/aromatic N) is 1. The van der Waals surface area contributed by atoms with Gasteiger partial charge < -0.3 is 5.32 Å². The highest BCUT2D eigenvalue weighted by molar-refractivity contribution is 7.84. The molecule has 9 heteroatoms. The van der Waals surface area contributed by atoms with Crippen molar-refractivity contribution in [1.29, 1.82) is 0 Å². The Bertz CT molecular complexity index is 520. The highest BCUT2D eigenvalue weighted by Gasteiger charge is 2.32. The lowest BCUT2D eigenvalue weighted by molar-refractivity contribution is -0.384. The van der Waals surface area contributed by atoms with Crippen LogP contribution in [0.4, 0.5) is 24.5 Å². The molecule has 20 heavy (non-hydrogen) atoms. The van der Waals surface area contributed by atoms with E-state index in [1.54, 1.807) is 0 Å². The van der Waals surface area contributed by atoms with E-state index in [1.807, 2.05) is 0 Å². The molecule has 0 unspecified atom stereocenters. The van der Waals surface area contributed by atoms with Crippen LogP contribution in [0.3, 0.4) is 0 Å². The number of nitrogens with one attached hydrogen (secondary N) is 1. The third-order valence-corrected chi connectivity index (χ3v) is 3.31. The van der Waals surface area contributed by atoms with Crippen LogP contribution in [0.5, 0.6) is 0 Å². The molecular formula is C11H13F3N2O3S. The van der Waals surface area contributed by atoms with Crippen LogP contribution in [0.25, 0.3) is 0 Å². The number of halogens is 3. The molecule has 0 fully saturated rings. The molecule has 1 atom stereocenters. The maximum Gasteiger partial charge on any atom is 0.416 e. The smallest absolute Gasteiger partial charge is 0.379 e. The minimum absolute atomic E-state index is 0.0184. The van der Waals surface area contributed by atoms with Gasteiger partial charge >= 0.3 is 6.18 Å². The van der Waals surface area contributed by atoms with E-state index < -0.39 is 33.2 Å². The van der Waals surface area contributed by atoms with Crippen LogP contribution in [0, 0.1) is 10.1 Å². The molecule has 0 aliphatic carbocycles. The number of alkyl halides is 3. The average Bonchev–Trinajstić information content (AvgIpc) is 2.33. The summed E-state index contributed by atoms with van der Waals surface area (Å²) >= 11 is 0. The number of hydrogen-bond donors (Lipinski definition) is 1. The Kier molecular flexibility index (Phi) is 5.49. The van der Waals surface area contributed by atoms with Gasteiger partial charge in [-0.1, -0.05) is 0 Å². The highest BCUT2D eigenvalue weighted by Crippen LogP contribution is 2.34. The van der Waals surface area contributed by atoms with Gasteiger partial charge in [0.1, 0.15) is 5.69 Å². The maximum absolute atomic E-state index is 12.5. The first-order chi connectivity index (χ1) is 9.21. The Morgan fingerprint density at radius 2 is 2.05 bits per heavy atom. The Morgan fingerprint density at radius 1 is 1.40 bits per heavy atom. The number of nitro benzene ring substituents is 1. The van der Waals surface area contributed by atoms with E-state index in [-0.39, 0.29) is 5.69 Å². The zero-order valence-electron chi connectivity index (χ0n) is 10.6. The van der Waals surface area contributed by atoms with Gasteiger partial charge in [0.05, 0.1) is 10.5 Å². The lowest BCUT2D eigenvalue weighted by Gasteiger charge is -2.10. The molecule has 0 saturated carbocycles. The monoisotopic (exact) mass is 310 g/mol. The van der Waals surface area contributed by atoms with Crippen LogP contribution >= 0.6 is 0 Å². The predicted octanol–water partition coefficient (Wildman–Crippen LogP) is 2.79. The average molecular weight is 310 g/mol. The molecule has 0 amide bonds. The van der Waals surface area contributed by atoms with E-state index >= 15 is 0 Å². The summed E-state index contributed by atoms with van der Waals surface area (Å²) in [6.45, 7) is 0.297. The quantitative estimate of drug-likeness (QED) is 0.498. The Labute approximate surface area is 115 Å². The second-order valence-corrected chi connectivity index (χ2v) is 5.60. The minimum atomic E-state index is -4.62. The van der Waals surface area contributed by atoms with Gasteiger partial charge in [-0.15, -0.1) is 0 Å². The topological polar surface area (TPSA) is 72.2 Å². The molecule has 0 saturated heterocycles. The van der Waals surface area contributed by atoms with E-state index in [9.17, 15) is 27.5 Å². The first-order valence-corrected chi connectivity index (χ1v) is 7.34. The van der Waals surface area contributed by atoms with E-state index in [2.05, 4.69) is 5.32 Å². The normalized spacial score (nSPS) is 13.0. The molecule has 112 valence electrons. The number of nitro groups is 1. The summed E-state index contributed by atoms with van der Waals surface area (Å²) < 4.78 is 48.3. The number of hydrogen-bond acceptors (Lipinski definition) is 4. The molecule has 0 radical (unpaired) electrons. The Balaban J connectivity index is 2.86. The second-order valence-electron chi connectivity index (χ2n) is 4.04. The first-order valence-electron chi connectivity index (χ1n) is 5.61. The zero-order chi connectivity index (χ0) is 15.3. The van der Waals surface area contributed by atoms with Crippen molar-refractivity contribution in [3.05, 3.63) is 33.9 Å². The van der Waals surface area contributed by atoms with Crippen LogP contribution < -0.4 is 5.32 Å². The van der Waals surface area contributed by atoms with Crippen molar-refractivity contribution >= 4 is 22.2 Å². The summed E-state index contributed by atoms with van der Waals surface area (Å²) in [6.07, 6.45) is -2.59. The van der Waals surface area contributed by atoms with Crippen LogP contribution in [0.1, 0.15) is 12.0 Å². The third kappa shape index (κ3) is 4.80. The molecule has 0 bridgehead atoms. The molecule has 0 spiro atoms. The van der Waals surface area contributed by atoms with Gasteiger partial charge in [0.15, 0.2) is 0 Å². The largest absolute Gasteiger partial charge is 0.416 e. The second kappa shape index (κ2) is 6.69. The molecule has 1 N–H and O–H groups in total. The number of anilines is 1. The van der Waals surface area contributed by atoms with Crippen LogP contribution in [-0.4, -0.2) is 27.7 Å². The molecular weight excluding hydrogens is 297 g/mol. The van der Waals surface area contributed by atoms with Crippen LogP contribution in [0.2, 0.25) is 0 Å². The molecule has 1 rings (SSSR count). The fourth-order valence-electron chi connectivity index (χ4n) is 1.51. The van der Waals surface area contributed by atoms with Crippen molar-refractivity contribution in [2.45, 2.75) is 12.6 Å². The van der Waals surface area contributed by atoms with Crippen molar-refractivity contribution in [2.24, 2.45) is 0 Å². The van der Waals surface area contributed by atoms with Gasteiger partial charge in [-0.25, -0.2) is 0 Å². The molecule has 0 heterocycles. The van der Waals surface area contributed by atoms with E-state index in [4.69, 9.17) is 0 Å². The van der Waals surface area contributed by atoms with Crippen molar-refractivity contribution in [2.75, 3.05) is 23.9 Å². The lowest BCUT2D eigenvalue weighted by atomic mass is 10.1. The summed E-state index contributed by atoms with van der Waals surface area (Å²) in [5.41, 5.74) is -1.67. The number of benzene rings is 1. The molecule has 1 aromatic carbocycles. The predicted molar refractivity (Wildman–Crippen MR) is 70.1 cm³/mol. The molecule has 1 aromatic rings.